The highest BCUT2D eigenvalue weighted by atomic mass is 16.5. The van der Waals surface area contributed by atoms with Gasteiger partial charge in [0.25, 0.3) is 0 Å². The van der Waals surface area contributed by atoms with Crippen LogP contribution in [0.2, 0.25) is 0 Å². The average molecular weight is 499 g/mol. The molecule has 2 aromatic heterocycles. The number of fused-ring (bicyclic) bond motifs is 3. The minimum absolute atomic E-state index is 0.106. The predicted octanol–water partition coefficient (Wildman–Crippen LogP) is 3.32. The van der Waals surface area contributed by atoms with E-state index in [1.165, 1.54) is 11.9 Å². The van der Waals surface area contributed by atoms with Gasteiger partial charge in [-0.05, 0) is 34.4 Å². The smallest absolute Gasteiger partial charge is 0.239 e. The number of ether oxygens (including phenoxy) is 2. The molecule has 1 aliphatic rings. The fraction of sp³-hybridized carbons (Fsp3) is 0.286. The lowest BCUT2D eigenvalue weighted by Crippen LogP contribution is -2.35. The molecule has 0 unspecified atom stereocenters. The zero-order chi connectivity index (χ0) is 25.5. The molecule has 37 heavy (non-hydrogen) atoms. The summed E-state index contributed by atoms with van der Waals surface area (Å²) in [6.45, 7) is 2.91. The second-order valence-corrected chi connectivity index (χ2v) is 9.04. The van der Waals surface area contributed by atoms with Crippen LogP contribution < -0.4 is 10.1 Å². The van der Waals surface area contributed by atoms with Crippen molar-refractivity contribution < 1.29 is 14.3 Å². The quantitative estimate of drug-likeness (QED) is 0.461. The van der Waals surface area contributed by atoms with Crippen molar-refractivity contribution in [1.29, 1.82) is 0 Å². The zero-order valence-electron chi connectivity index (χ0n) is 20.8. The molecule has 0 aliphatic carbocycles. The molecule has 4 aromatic rings. The Morgan fingerprint density at radius 3 is 2.70 bits per heavy atom. The standard InChI is InChI=1S/C28H30N6O3/c1-33-8-7-27(32-33)31-28(35)19-34-9-10-36-11-12-37-26-6-5-23(25-16-29-20-30-17-25)15-24(26)14-21-3-2-4-22(13-21)18-34/h2-8,13,15-17,20H,9-12,14,18-19H2,1H3,(H,31,32,35). The van der Waals surface area contributed by atoms with Crippen LogP contribution in [0.1, 0.15) is 16.7 Å². The maximum atomic E-state index is 12.7. The SMILES string of the molecule is Cn1ccc(NC(=O)CN2CCOCCOc3ccc(-c4cncnc4)cc3Cc3cccc(c3)C2)n1. The van der Waals surface area contributed by atoms with Gasteiger partial charge in [0.15, 0.2) is 5.82 Å². The largest absolute Gasteiger partial charge is 0.491 e. The van der Waals surface area contributed by atoms with E-state index in [1.54, 1.807) is 16.9 Å². The van der Waals surface area contributed by atoms with Crippen molar-refractivity contribution in [2.75, 3.05) is 38.2 Å². The molecule has 2 aromatic carbocycles. The number of carbonyl (C=O) groups is 1. The highest BCUT2D eigenvalue weighted by Crippen LogP contribution is 2.28. The molecule has 1 amide bonds. The van der Waals surface area contributed by atoms with Gasteiger partial charge in [-0.2, -0.15) is 5.10 Å². The predicted molar refractivity (Wildman–Crippen MR) is 140 cm³/mol. The van der Waals surface area contributed by atoms with E-state index in [-0.39, 0.29) is 12.5 Å². The summed E-state index contributed by atoms with van der Waals surface area (Å²) in [5.74, 6) is 1.29. The van der Waals surface area contributed by atoms with E-state index >= 15 is 0 Å². The van der Waals surface area contributed by atoms with Crippen LogP contribution >= 0.6 is 0 Å². The molecule has 0 atom stereocenters. The number of nitrogens with one attached hydrogen (secondary N) is 1. The number of hydrogen-bond donors (Lipinski definition) is 1. The maximum Gasteiger partial charge on any atom is 0.239 e. The number of amides is 1. The van der Waals surface area contributed by atoms with Gasteiger partial charge in [-0.15, -0.1) is 0 Å². The third-order valence-electron chi connectivity index (χ3n) is 6.13. The van der Waals surface area contributed by atoms with E-state index < -0.39 is 0 Å². The number of hydrogen-bond acceptors (Lipinski definition) is 7. The molecule has 0 fully saturated rings. The Bertz CT molecular complexity index is 1340. The molecular weight excluding hydrogens is 468 g/mol. The molecule has 0 saturated carbocycles. The lowest BCUT2D eigenvalue weighted by atomic mass is 9.98. The van der Waals surface area contributed by atoms with Gasteiger partial charge < -0.3 is 14.8 Å². The first-order valence-corrected chi connectivity index (χ1v) is 12.3. The summed E-state index contributed by atoms with van der Waals surface area (Å²) in [5.41, 5.74) is 5.40. The van der Waals surface area contributed by atoms with Crippen LogP contribution in [0.25, 0.3) is 11.1 Å². The van der Waals surface area contributed by atoms with E-state index in [9.17, 15) is 4.79 Å². The van der Waals surface area contributed by atoms with E-state index in [0.29, 0.717) is 45.1 Å². The Labute approximate surface area is 216 Å². The highest BCUT2D eigenvalue weighted by molar-refractivity contribution is 5.91. The summed E-state index contributed by atoms with van der Waals surface area (Å²) < 4.78 is 13.6. The molecule has 0 radical (unpaired) electrons. The Morgan fingerprint density at radius 1 is 1.00 bits per heavy atom. The minimum atomic E-state index is -0.106. The molecule has 5 rings (SSSR count). The van der Waals surface area contributed by atoms with Crippen molar-refractivity contribution in [1.82, 2.24) is 24.6 Å². The van der Waals surface area contributed by atoms with E-state index in [0.717, 1.165) is 28.0 Å². The lowest BCUT2D eigenvalue weighted by Gasteiger charge is -2.23. The van der Waals surface area contributed by atoms with Gasteiger partial charge in [0.1, 0.15) is 18.7 Å². The van der Waals surface area contributed by atoms with Gasteiger partial charge in [-0.1, -0.05) is 30.3 Å². The molecular formula is C28H30N6O3. The third kappa shape index (κ3) is 6.78. The van der Waals surface area contributed by atoms with Crippen molar-refractivity contribution in [2.45, 2.75) is 13.0 Å². The highest BCUT2D eigenvalue weighted by Gasteiger charge is 2.15. The average Bonchev–Trinajstić information content (AvgIpc) is 3.31. The molecule has 2 bridgehead atoms. The number of benzene rings is 2. The minimum Gasteiger partial charge on any atom is -0.491 e. The van der Waals surface area contributed by atoms with Crippen LogP contribution in [0.3, 0.4) is 0 Å². The molecule has 190 valence electrons. The normalized spacial score (nSPS) is 14.7. The molecule has 0 saturated heterocycles. The van der Waals surface area contributed by atoms with Crippen LogP contribution in [0.15, 0.2) is 73.4 Å². The Morgan fingerprint density at radius 2 is 1.86 bits per heavy atom. The summed E-state index contributed by atoms with van der Waals surface area (Å²) in [7, 11) is 1.82. The topological polar surface area (TPSA) is 94.4 Å². The van der Waals surface area contributed by atoms with E-state index in [1.807, 2.05) is 31.6 Å². The first-order chi connectivity index (χ1) is 18.1. The van der Waals surface area contributed by atoms with Crippen LogP contribution in [-0.4, -0.2) is 63.5 Å². The zero-order valence-corrected chi connectivity index (χ0v) is 20.8. The van der Waals surface area contributed by atoms with Crippen molar-refractivity contribution in [3.05, 3.63) is 90.1 Å². The summed E-state index contributed by atoms with van der Waals surface area (Å²) in [6, 6.07) is 16.4. The van der Waals surface area contributed by atoms with Crippen molar-refractivity contribution in [2.24, 2.45) is 7.05 Å². The number of carbonyl (C=O) groups excluding carboxylic acids is 1. The maximum absolute atomic E-state index is 12.7. The number of rotatable bonds is 4. The Hall–Kier alpha value is -4.08. The fourth-order valence-electron chi connectivity index (χ4n) is 4.39. The lowest BCUT2D eigenvalue weighted by molar-refractivity contribution is -0.117. The van der Waals surface area contributed by atoms with Gasteiger partial charge in [-0.25, -0.2) is 9.97 Å². The first-order valence-electron chi connectivity index (χ1n) is 12.3. The second kappa shape index (κ2) is 11.8. The van der Waals surface area contributed by atoms with Gasteiger partial charge in [0, 0.05) is 56.8 Å². The molecule has 1 aliphatic heterocycles. The van der Waals surface area contributed by atoms with Gasteiger partial charge in [-0.3, -0.25) is 14.4 Å². The fourth-order valence-corrected chi connectivity index (χ4v) is 4.39. The van der Waals surface area contributed by atoms with Crippen molar-refractivity contribution in [3.63, 3.8) is 0 Å². The van der Waals surface area contributed by atoms with Crippen LogP contribution in [0.4, 0.5) is 5.82 Å². The third-order valence-corrected chi connectivity index (χ3v) is 6.13. The first kappa shape index (κ1) is 24.6. The van der Waals surface area contributed by atoms with Crippen molar-refractivity contribution >= 4 is 11.7 Å². The van der Waals surface area contributed by atoms with Crippen LogP contribution in [0, 0.1) is 0 Å². The van der Waals surface area contributed by atoms with Crippen LogP contribution in [0.5, 0.6) is 5.75 Å². The number of nitrogens with zero attached hydrogens (tertiary/aromatic N) is 5. The van der Waals surface area contributed by atoms with Gasteiger partial charge in [0.05, 0.1) is 19.8 Å². The molecule has 9 heteroatoms. The summed E-state index contributed by atoms with van der Waals surface area (Å²) in [6.07, 6.45) is 7.67. The Kier molecular flexibility index (Phi) is 7.83. The molecule has 3 heterocycles. The van der Waals surface area contributed by atoms with Crippen molar-refractivity contribution in [3.8, 4) is 16.9 Å². The van der Waals surface area contributed by atoms with Gasteiger partial charge >= 0.3 is 0 Å². The molecule has 9 nitrogen and oxygen atoms in total. The molecule has 0 spiro atoms. The number of anilines is 1. The van der Waals surface area contributed by atoms with Gasteiger partial charge in [0.2, 0.25) is 5.91 Å². The number of aryl methyl sites for hydroxylation is 1. The van der Waals surface area contributed by atoms with E-state index in [2.05, 4.69) is 55.6 Å². The monoisotopic (exact) mass is 498 g/mol. The van der Waals surface area contributed by atoms with E-state index in [4.69, 9.17) is 9.47 Å². The second-order valence-electron chi connectivity index (χ2n) is 9.04. The molecule has 1 N–H and O–H groups in total. The van der Waals surface area contributed by atoms with Crippen LogP contribution in [-0.2, 0) is 29.5 Å². The number of aromatic nitrogens is 4. The Balaban J connectivity index is 1.36. The summed E-state index contributed by atoms with van der Waals surface area (Å²) >= 11 is 0. The summed E-state index contributed by atoms with van der Waals surface area (Å²) in [5, 5.41) is 7.10. The summed E-state index contributed by atoms with van der Waals surface area (Å²) in [4.78, 5) is 23.1.